The molecule has 0 aliphatic carbocycles. The van der Waals surface area contributed by atoms with Crippen molar-refractivity contribution in [2.75, 3.05) is 11.5 Å². The van der Waals surface area contributed by atoms with Crippen LogP contribution in [-0.2, 0) is 21.0 Å². The Balaban J connectivity index is 2.87. The molecule has 6 nitrogen and oxygen atoms in total. The van der Waals surface area contributed by atoms with Crippen LogP contribution in [0.4, 0.5) is 37.7 Å². The highest BCUT2D eigenvalue weighted by atomic mass is 32.2. The SMILES string of the molecule is Cc1cc(N)c(C(C)(O)C(F)(F)F)cc1S(=O)(=O)c1cc(C(C)(O)C(F)(F)F)c(N)cc1C. The van der Waals surface area contributed by atoms with E-state index in [4.69, 9.17) is 11.5 Å². The molecule has 184 valence electrons. The van der Waals surface area contributed by atoms with Gasteiger partial charge in [-0.1, -0.05) is 0 Å². The molecule has 0 radical (unpaired) electrons. The van der Waals surface area contributed by atoms with E-state index in [1.54, 1.807) is 0 Å². The van der Waals surface area contributed by atoms with Crippen LogP contribution in [0.15, 0.2) is 34.1 Å². The Hall–Kier alpha value is -2.51. The lowest BCUT2D eigenvalue weighted by molar-refractivity contribution is -0.258. The van der Waals surface area contributed by atoms with Crippen molar-refractivity contribution in [1.82, 2.24) is 0 Å². The van der Waals surface area contributed by atoms with Crippen molar-refractivity contribution >= 4 is 21.2 Å². The number of hydrogen-bond acceptors (Lipinski definition) is 6. The summed E-state index contributed by atoms with van der Waals surface area (Å²) in [5.74, 6) is 0. The van der Waals surface area contributed by atoms with Crippen molar-refractivity contribution < 1.29 is 45.0 Å². The van der Waals surface area contributed by atoms with E-state index in [0.29, 0.717) is 26.0 Å². The number of anilines is 2. The number of alkyl halides is 6. The molecule has 2 rings (SSSR count). The minimum atomic E-state index is -5.22. The summed E-state index contributed by atoms with van der Waals surface area (Å²) in [4.78, 5) is -1.44. The first kappa shape index (κ1) is 26.7. The van der Waals surface area contributed by atoms with Crippen LogP contribution in [-0.4, -0.2) is 31.0 Å². The Morgan fingerprint density at radius 3 is 1.21 bits per heavy atom. The summed E-state index contributed by atoms with van der Waals surface area (Å²) in [5.41, 5.74) is 0.966. The van der Waals surface area contributed by atoms with Gasteiger partial charge in [-0.3, -0.25) is 0 Å². The quantitative estimate of drug-likeness (QED) is 0.373. The molecule has 0 bridgehead atoms. The number of nitrogens with two attached hydrogens (primary N) is 2. The first-order chi connectivity index (χ1) is 14.6. The zero-order valence-corrected chi connectivity index (χ0v) is 18.7. The third-order valence-corrected chi connectivity index (χ3v) is 7.46. The monoisotopic (exact) mass is 500 g/mol. The Morgan fingerprint density at radius 1 is 0.697 bits per heavy atom. The lowest BCUT2D eigenvalue weighted by Gasteiger charge is -2.29. The molecule has 0 aliphatic rings. The Morgan fingerprint density at radius 2 is 0.970 bits per heavy atom. The van der Waals surface area contributed by atoms with Crippen LogP contribution in [0.2, 0.25) is 0 Å². The molecule has 13 heteroatoms. The van der Waals surface area contributed by atoms with E-state index < -0.39 is 65.7 Å². The summed E-state index contributed by atoms with van der Waals surface area (Å²) < 4.78 is 107. The van der Waals surface area contributed by atoms with Gasteiger partial charge in [-0.05, 0) is 63.1 Å². The van der Waals surface area contributed by atoms with Crippen molar-refractivity contribution in [2.24, 2.45) is 0 Å². The van der Waals surface area contributed by atoms with Crippen molar-refractivity contribution in [3.05, 3.63) is 46.5 Å². The number of aryl methyl sites for hydroxylation is 2. The molecule has 2 aromatic rings. The molecule has 0 heterocycles. The zero-order valence-electron chi connectivity index (χ0n) is 17.9. The van der Waals surface area contributed by atoms with Crippen molar-refractivity contribution in [3.8, 4) is 0 Å². The molecule has 2 aromatic carbocycles. The van der Waals surface area contributed by atoms with E-state index in [9.17, 15) is 45.0 Å². The summed E-state index contributed by atoms with van der Waals surface area (Å²) in [6.45, 7) is 3.21. The molecule has 6 N–H and O–H groups in total. The third kappa shape index (κ3) is 4.36. The minimum Gasteiger partial charge on any atom is -0.398 e. The fraction of sp³-hybridized carbons (Fsp3) is 0.400. The van der Waals surface area contributed by atoms with Crippen LogP contribution in [0.1, 0.15) is 36.1 Å². The molecule has 0 amide bonds. The zero-order chi connectivity index (χ0) is 25.9. The van der Waals surface area contributed by atoms with Crippen LogP contribution in [0.25, 0.3) is 0 Å². The van der Waals surface area contributed by atoms with E-state index >= 15 is 0 Å². The van der Waals surface area contributed by atoms with Crippen LogP contribution < -0.4 is 11.5 Å². The Bertz CT molecular complexity index is 1120. The van der Waals surface area contributed by atoms with Gasteiger partial charge in [0.05, 0.1) is 9.79 Å². The normalized spacial score (nSPS) is 16.8. The highest BCUT2D eigenvalue weighted by Gasteiger charge is 2.53. The van der Waals surface area contributed by atoms with E-state index in [0.717, 1.165) is 12.1 Å². The molecule has 2 atom stereocenters. The smallest absolute Gasteiger partial charge is 0.398 e. The van der Waals surface area contributed by atoms with Gasteiger partial charge in [0.1, 0.15) is 0 Å². The first-order valence-corrected chi connectivity index (χ1v) is 10.7. The number of hydrogen-bond donors (Lipinski definition) is 4. The van der Waals surface area contributed by atoms with Gasteiger partial charge in [-0.15, -0.1) is 0 Å². The molecule has 0 aromatic heterocycles. The second-order valence-corrected chi connectivity index (χ2v) is 9.94. The molecule has 2 unspecified atom stereocenters. The van der Waals surface area contributed by atoms with E-state index in [-0.39, 0.29) is 11.1 Å². The molecule has 33 heavy (non-hydrogen) atoms. The number of aliphatic hydroxyl groups is 2. The standard InChI is InChI=1S/C20H22F6N2O4S/c1-9-5-13(27)11(17(3,29)19(21,22)23)7-15(9)33(31,32)16-8-12(14(28)6-10(16)2)18(4,30)20(24,25)26/h5-8,29-30H,27-28H2,1-4H3. The number of nitrogen functional groups attached to an aromatic ring is 2. The average molecular weight is 500 g/mol. The van der Waals surface area contributed by atoms with Crippen molar-refractivity contribution in [3.63, 3.8) is 0 Å². The molecule has 0 aliphatic heterocycles. The molecule has 0 saturated carbocycles. The van der Waals surface area contributed by atoms with E-state index in [1.807, 2.05) is 0 Å². The fourth-order valence-electron chi connectivity index (χ4n) is 3.27. The summed E-state index contributed by atoms with van der Waals surface area (Å²) in [6.07, 6.45) is -10.4. The first-order valence-electron chi connectivity index (χ1n) is 9.21. The van der Waals surface area contributed by atoms with E-state index in [2.05, 4.69) is 0 Å². The molecular weight excluding hydrogens is 478 g/mol. The number of sulfone groups is 1. The van der Waals surface area contributed by atoms with Crippen LogP contribution in [0.5, 0.6) is 0 Å². The predicted molar refractivity (Wildman–Crippen MR) is 108 cm³/mol. The van der Waals surface area contributed by atoms with Gasteiger partial charge >= 0.3 is 12.4 Å². The molecular formula is C20H22F6N2O4S. The lowest BCUT2D eigenvalue weighted by atomic mass is 9.92. The molecule has 0 spiro atoms. The maximum atomic E-state index is 13.4. The summed E-state index contributed by atoms with van der Waals surface area (Å²) in [6, 6.07) is 2.87. The predicted octanol–water partition coefficient (Wildman–Crippen LogP) is 3.84. The second kappa shape index (κ2) is 7.77. The lowest BCUT2D eigenvalue weighted by Crippen LogP contribution is -2.40. The maximum absolute atomic E-state index is 13.4. The summed E-state index contributed by atoms with van der Waals surface area (Å²) in [5, 5.41) is 20.0. The van der Waals surface area contributed by atoms with Crippen LogP contribution in [0.3, 0.4) is 0 Å². The van der Waals surface area contributed by atoms with Gasteiger partial charge < -0.3 is 21.7 Å². The number of rotatable bonds is 4. The van der Waals surface area contributed by atoms with E-state index in [1.165, 1.54) is 13.8 Å². The largest absolute Gasteiger partial charge is 0.421 e. The minimum absolute atomic E-state index is 0.116. The summed E-state index contributed by atoms with van der Waals surface area (Å²) in [7, 11) is -4.76. The second-order valence-electron chi connectivity index (χ2n) is 8.05. The van der Waals surface area contributed by atoms with Gasteiger partial charge in [-0.2, -0.15) is 26.3 Å². The van der Waals surface area contributed by atoms with Crippen molar-refractivity contribution in [2.45, 2.75) is 61.0 Å². The third-order valence-electron chi connectivity index (χ3n) is 5.43. The van der Waals surface area contributed by atoms with Gasteiger partial charge in [0, 0.05) is 22.5 Å². The highest BCUT2D eigenvalue weighted by molar-refractivity contribution is 7.91. The fourth-order valence-corrected chi connectivity index (χ4v) is 5.02. The Kier molecular flexibility index (Phi) is 6.30. The van der Waals surface area contributed by atoms with Crippen LogP contribution in [0, 0.1) is 13.8 Å². The van der Waals surface area contributed by atoms with Gasteiger partial charge in [0.15, 0.2) is 11.2 Å². The topological polar surface area (TPSA) is 127 Å². The molecule has 0 saturated heterocycles. The molecule has 0 fully saturated rings. The van der Waals surface area contributed by atoms with Gasteiger partial charge in [0.25, 0.3) is 0 Å². The Labute approximate surface area is 185 Å². The number of benzene rings is 2. The average Bonchev–Trinajstić information content (AvgIpc) is 2.58. The number of halogens is 6. The van der Waals surface area contributed by atoms with Gasteiger partial charge in [-0.25, -0.2) is 8.42 Å². The van der Waals surface area contributed by atoms with Crippen LogP contribution >= 0.6 is 0 Å². The van der Waals surface area contributed by atoms with Crippen molar-refractivity contribution in [1.29, 1.82) is 0 Å². The summed E-state index contributed by atoms with van der Waals surface area (Å²) >= 11 is 0. The van der Waals surface area contributed by atoms with Gasteiger partial charge in [0.2, 0.25) is 9.84 Å². The maximum Gasteiger partial charge on any atom is 0.421 e. The highest BCUT2D eigenvalue weighted by Crippen LogP contribution is 2.45.